The fraction of sp³-hybridized carbons (Fsp3) is 0.107. The maximum absolute atomic E-state index is 14.0. The number of rotatable bonds is 6. The predicted octanol–water partition coefficient (Wildman–Crippen LogP) is 6.04. The van der Waals surface area contributed by atoms with Crippen LogP contribution in [0.3, 0.4) is 0 Å². The van der Waals surface area contributed by atoms with Crippen molar-refractivity contribution in [3.8, 4) is 22.6 Å². The van der Waals surface area contributed by atoms with Gasteiger partial charge in [0, 0.05) is 24.3 Å². The molecule has 3 aromatic carbocycles. The predicted molar refractivity (Wildman–Crippen MR) is 133 cm³/mol. The van der Waals surface area contributed by atoms with Gasteiger partial charge in [0.05, 0.1) is 24.6 Å². The fourth-order valence-electron chi connectivity index (χ4n) is 4.27. The standard InChI is InChI=1S/C28H21F3N4O2/c1-37-21-9-5-6-18(14-21)22-11-10-19(24-16-32-13-12-23(22)24)15-33-27(36)25-17-34-35(26(25)28(29,30)31)20-7-3-2-4-8-20/h2-14,16-17H,15H2,1H3,(H,33,36). The Morgan fingerprint density at radius 2 is 1.78 bits per heavy atom. The molecule has 9 heteroatoms. The van der Waals surface area contributed by atoms with Gasteiger partial charge in [0.15, 0.2) is 5.69 Å². The molecule has 5 aromatic rings. The number of para-hydroxylation sites is 1. The Balaban J connectivity index is 1.46. The number of fused-ring (bicyclic) bond motifs is 1. The van der Waals surface area contributed by atoms with Gasteiger partial charge in [0.2, 0.25) is 0 Å². The highest BCUT2D eigenvalue weighted by Gasteiger charge is 2.40. The highest BCUT2D eigenvalue weighted by Crippen LogP contribution is 2.34. The van der Waals surface area contributed by atoms with E-state index in [4.69, 9.17) is 4.74 Å². The lowest BCUT2D eigenvalue weighted by Crippen LogP contribution is -2.26. The van der Waals surface area contributed by atoms with Crippen LogP contribution < -0.4 is 10.1 Å². The first kappa shape index (κ1) is 24.1. The number of halogens is 3. The number of amides is 1. The van der Waals surface area contributed by atoms with Crippen molar-refractivity contribution in [2.45, 2.75) is 12.7 Å². The Kier molecular flexibility index (Phi) is 6.35. The summed E-state index contributed by atoms with van der Waals surface area (Å²) in [7, 11) is 1.60. The molecule has 0 fully saturated rings. The molecule has 0 radical (unpaired) electrons. The first-order chi connectivity index (χ1) is 17.9. The van der Waals surface area contributed by atoms with Gasteiger partial charge in [-0.05, 0) is 52.4 Å². The van der Waals surface area contributed by atoms with E-state index in [1.165, 1.54) is 12.1 Å². The van der Waals surface area contributed by atoms with Crippen molar-refractivity contribution in [3.05, 3.63) is 108 Å². The smallest absolute Gasteiger partial charge is 0.434 e. The van der Waals surface area contributed by atoms with Gasteiger partial charge in [-0.15, -0.1) is 0 Å². The number of benzene rings is 3. The van der Waals surface area contributed by atoms with E-state index >= 15 is 0 Å². The van der Waals surface area contributed by atoms with E-state index in [0.717, 1.165) is 32.8 Å². The van der Waals surface area contributed by atoms with E-state index in [1.54, 1.807) is 37.7 Å². The van der Waals surface area contributed by atoms with Crippen molar-refractivity contribution in [2.24, 2.45) is 0 Å². The molecular formula is C28H21F3N4O2. The largest absolute Gasteiger partial charge is 0.497 e. The second-order valence-corrected chi connectivity index (χ2v) is 8.26. The number of hydrogen-bond donors (Lipinski definition) is 1. The van der Waals surface area contributed by atoms with E-state index in [2.05, 4.69) is 15.4 Å². The lowest BCUT2D eigenvalue weighted by molar-refractivity contribution is -0.143. The van der Waals surface area contributed by atoms with E-state index in [-0.39, 0.29) is 12.2 Å². The number of aromatic nitrogens is 3. The Morgan fingerprint density at radius 1 is 0.973 bits per heavy atom. The molecule has 1 amide bonds. The van der Waals surface area contributed by atoms with Crippen molar-refractivity contribution >= 4 is 16.7 Å². The van der Waals surface area contributed by atoms with E-state index in [9.17, 15) is 18.0 Å². The van der Waals surface area contributed by atoms with E-state index < -0.39 is 23.3 Å². The van der Waals surface area contributed by atoms with Crippen LogP contribution >= 0.6 is 0 Å². The molecule has 0 aliphatic heterocycles. The van der Waals surface area contributed by atoms with Gasteiger partial charge < -0.3 is 10.1 Å². The normalized spacial score (nSPS) is 11.5. The quantitative estimate of drug-likeness (QED) is 0.307. The minimum absolute atomic E-state index is 0.00717. The van der Waals surface area contributed by atoms with E-state index in [1.807, 2.05) is 42.5 Å². The Hall–Kier alpha value is -4.66. The minimum atomic E-state index is -4.78. The summed E-state index contributed by atoms with van der Waals surface area (Å²) >= 11 is 0. The first-order valence-electron chi connectivity index (χ1n) is 11.4. The zero-order valence-electron chi connectivity index (χ0n) is 19.7. The van der Waals surface area contributed by atoms with Gasteiger partial charge >= 0.3 is 6.18 Å². The molecule has 0 aliphatic rings. The molecule has 1 N–H and O–H groups in total. The Labute approximate surface area is 210 Å². The van der Waals surface area contributed by atoms with Crippen LogP contribution in [0.4, 0.5) is 13.2 Å². The summed E-state index contributed by atoms with van der Waals surface area (Å²) < 4.78 is 48.0. The maximum atomic E-state index is 14.0. The van der Waals surface area contributed by atoms with Crippen molar-refractivity contribution in [1.82, 2.24) is 20.1 Å². The third-order valence-electron chi connectivity index (χ3n) is 6.01. The van der Waals surface area contributed by atoms with E-state index in [0.29, 0.717) is 11.3 Å². The molecular weight excluding hydrogens is 481 g/mol. The second kappa shape index (κ2) is 9.77. The Morgan fingerprint density at radius 3 is 2.54 bits per heavy atom. The molecule has 0 saturated heterocycles. The van der Waals surface area contributed by atoms with Gasteiger partial charge in [-0.3, -0.25) is 9.78 Å². The van der Waals surface area contributed by atoms with Crippen molar-refractivity contribution in [1.29, 1.82) is 0 Å². The number of nitrogens with zero attached hydrogens (tertiary/aromatic N) is 3. The van der Waals surface area contributed by atoms with Crippen molar-refractivity contribution in [2.75, 3.05) is 7.11 Å². The van der Waals surface area contributed by atoms with Crippen molar-refractivity contribution < 1.29 is 22.7 Å². The summed E-state index contributed by atoms with van der Waals surface area (Å²) in [4.78, 5) is 17.1. The highest BCUT2D eigenvalue weighted by atomic mass is 19.4. The SMILES string of the molecule is COc1cccc(-c2ccc(CNC(=O)c3cnn(-c4ccccc4)c3C(F)(F)F)c3cnccc23)c1. The van der Waals surface area contributed by atoms with Crippen LogP contribution in [-0.2, 0) is 12.7 Å². The van der Waals surface area contributed by atoms with Gasteiger partial charge in [-0.2, -0.15) is 18.3 Å². The fourth-order valence-corrected chi connectivity index (χ4v) is 4.27. The number of ether oxygens (including phenoxy) is 1. The lowest BCUT2D eigenvalue weighted by Gasteiger charge is -2.14. The molecule has 37 heavy (non-hydrogen) atoms. The number of alkyl halides is 3. The first-order valence-corrected chi connectivity index (χ1v) is 11.4. The van der Waals surface area contributed by atoms with Gasteiger partial charge in [0.25, 0.3) is 5.91 Å². The number of pyridine rings is 1. The van der Waals surface area contributed by atoms with Crippen LogP contribution in [0.5, 0.6) is 5.75 Å². The summed E-state index contributed by atoms with van der Waals surface area (Å²) in [6.07, 6.45) is -0.498. The zero-order chi connectivity index (χ0) is 26.0. The summed E-state index contributed by atoms with van der Waals surface area (Å²) in [6, 6.07) is 21.1. The number of methoxy groups -OCH3 is 1. The summed E-state index contributed by atoms with van der Waals surface area (Å²) in [5, 5.41) is 8.14. The van der Waals surface area contributed by atoms with Crippen molar-refractivity contribution in [3.63, 3.8) is 0 Å². The molecule has 0 spiro atoms. The topological polar surface area (TPSA) is 69.0 Å². The lowest BCUT2D eigenvalue weighted by atomic mass is 9.96. The monoisotopic (exact) mass is 502 g/mol. The number of carbonyl (C=O) groups excluding carboxylic acids is 1. The molecule has 0 aliphatic carbocycles. The molecule has 186 valence electrons. The molecule has 0 saturated carbocycles. The minimum Gasteiger partial charge on any atom is -0.497 e. The van der Waals surface area contributed by atoms with Crippen LogP contribution in [0.2, 0.25) is 0 Å². The molecule has 5 rings (SSSR count). The number of nitrogens with one attached hydrogen (secondary N) is 1. The summed E-state index contributed by atoms with van der Waals surface area (Å²) in [5.41, 5.74) is 1.12. The molecule has 0 unspecified atom stereocenters. The van der Waals surface area contributed by atoms with Gasteiger partial charge in [-0.1, -0.05) is 42.5 Å². The molecule has 0 bridgehead atoms. The number of hydrogen-bond acceptors (Lipinski definition) is 4. The van der Waals surface area contributed by atoms with Gasteiger partial charge in [0.1, 0.15) is 5.75 Å². The van der Waals surface area contributed by atoms with Crippen LogP contribution in [0.25, 0.3) is 27.6 Å². The van der Waals surface area contributed by atoms with Gasteiger partial charge in [-0.25, -0.2) is 4.68 Å². The summed E-state index contributed by atoms with van der Waals surface area (Å²) in [5.74, 6) is -0.156. The average Bonchev–Trinajstić information content (AvgIpc) is 3.38. The third-order valence-corrected chi connectivity index (χ3v) is 6.01. The van der Waals surface area contributed by atoms with Crippen LogP contribution in [0.1, 0.15) is 21.6 Å². The van der Waals surface area contributed by atoms with Crippen LogP contribution in [-0.4, -0.2) is 27.8 Å². The van der Waals surface area contributed by atoms with Crippen LogP contribution in [0.15, 0.2) is 91.4 Å². The average molecular weight is 502 g/mol. The zero-order valence-corrected chi connectivity index (χ0v) is 19.7. The third kappa shape index (κ3) is 4.75. The Bertz CT molecular complexity index is 1580. The second-order valence-electron chi connectivity index (χ2n) is 8.26. The number of carbonyl (C=O) groups is 1. The molecule has 0 atom stereocenters. The molecule has 2 aromatic heterocycles. The highest BCUT2D eigenvalue weighted by molar-refractivity contribution is 5.99. The maximum Gasteiger partial charge on any atom is 0.434 e. The van der Waals surface area contributed by atoms with Crippen LogP contribution in [0, 0.1) is 0 Å². The summed E-state index contributed by atoms with van der Waals surface area (Å²) in [6.45, 7) is 0.00717. The molecule has 2 heterocycles. The molecule has 6 nitrogen and oxygen atoms in total.